The largest absolute Gasteiger partial charge is 0.356 e. The molecule has 1 atom stereocenters. The highest BCUT2D eigenvalue weighted by molar-refractivity contribution is 4.85. The minimum Gasteiger partial charge on any atom is -0.356 e. The highest BCUT2D eigenvalue weighted by atomic mass is 16.6. The number of aliphatic hydroxyl groups excluding tert-OH is 1. The van der Waals surface area contributed by atoms with Crippen molar-refractivity contribution in [2.75, 3.05) is 27.2 Å². The van der Waals surface area contributed by atoms with Gasteiger partial charge in [-0.25, -0.2) is 0 Å². The van der Waals surface area contributed by atoms with Gasteiger partial charge in [-0.1, -0.05) is 0 Å². The van der Waals surface area contributed by atoms with Gasteiger partial charge in [0, 0.05) is 19.1 Å². The summed E-state index contributed by atoms with van der Waals surface area (Å²) in [6, 6.07) is 0.549. The molecule has 0 aliphatic carbocycles. The number of ether oxygens (including phenoxy) is 1. The molecule has 14 heavy (non-hydrogen) atoms. The first kappa shape index (κ1) is 11.9. The van der Waals surface area contributed by atoms with Crippen LogP contribution in [0, 0.1) is 0 Å². The Balaban J connectivity index is 2.26. The molecule has 0 saturated carbocycles. The summed E-state index contributed by atoms with van der Waals surface area (Å²) in [5.41, 5.74) is -0.289. The maximum Gasteiger partial charge on any atom is 0.216 e. The van der Waals surface area contributed by atoms with Gasteiger partial charge >= 0.3 is 0 Å². The average Bonchev–Trinajstić information content (AvgIpc) is 1.75. The SMILES string of the molecule is CN(C)C1CN(C(O)OC(C)(C)C)C1. The van der Waals surface area contributed by atoms with E-state index in [0.717, 1.165) is 13.1 Å². The first-order valence-electron chi connectivity index (χ1n) is 5.06. The van der Waals surface area contributed by atoms with E-state index in [1.807, 2.05) is 25.7 Å². The number of hydrogen-bond acceptors (Lipinski definition) is 4. The zero-order valence-electron chi connectivity index (χ0n) is 9.82. The lowest BCUT2D eigenvalue weighted by molar-refractivity contribution is -0.260. The smallest absolute Gasteiger partial charge is 0.216 e. The molecular formula is C10H22N2O2. The van der Waals surface area contributed by atoms with E-state index in [2.05, 4.69) is 19.0 Å². The second kappa shape index (κ2) is 4.14. The average molecular weight is 202 g/mol. The summed E-state index contributed by atoms with van der Waals surface area (Å²) in [4.78, 5) is 4.09. The standard InChI is InChI=1S/C10H22N2O2/c1-10(2,3)14-9(13)12-6-8(7-12)11(4)5/h8-9,13H,6-7H2,1-5H3. The molecule has 1 rings (SSSR count). The van der Waals surface area contributed by atoms with E-state index >= 15 is 0 Å². The summed E-state index contributed by atoms with van der Waals surface area (Å²) < 4.78 is 5.43. The fourth-order valence-corrected chi connectivity index (χ4v) is 1.39. The molecule has 84 valence electrons. The highest BCUT2D eigenvalue weighted by Gasteiger charge is 2.34. The van der Waals surface area contributed by atoms with Gasteiger partial charge in [0.25, 0.3) is 0 Å². The van der Waals surface area contributed by atoms with Crippen molar-refractivity contribution in [3.05, 3.63) is 0 Å². The first-order chi connectivity index (χ1) is 6.29. The lowest BCUT2D eigenvalue weighted by atomic mass is 10.1. The van der Waals surface area contributed by atoms with Crippen LogP contribution in [-0.4, -0.2) is 60.1 Å². The molecule has 0 aromatic carbocycles. The molecule has 1 aliphatic heterocycles. The predicted molar refractivity (Wildman–Crippen MR) is 55.9 cm³/mol. The Morgan fingerprint density at radius 3 is 2.21 bits per heavy atom. The van der Waals surface area contributed by atoms with Crippen molar-refractivity contribution < 1.29 is 9.84 Å². The maximum absolute atomic E-state index is 9.69. The second-order valence-corrected chi connectivity index (χ2v) is 5.13. The monoisotopic (exact) mass is 202 g/mol. The van der Waals surface area contributed by atoms with Gasteiger partial charge < -0.3 is 14.7 Å². The summed E-state index contributed by atoms with van der Waals surface area (Å²) in [6.07, 6.45) is -0.758. The fourth-order valence-electron chi connectivity index (χ4n) is 1.39. The number of nitrogens with zero attached hydrogens (tertiary/aromatic N) is 2. The quantitative estimate of drug-likeness (QED) is 0.669. The minimum atomic E-state index is -0.758. The van der Waals surface area contributed by atoms with Crippen LogP contribution in [0.3, 0.4) is 0 Å². The van der Waals surface area contributed by atoms with Crippen LogP contribution in [0.25, 0.3) is 0 Å². The molecule has 1 N–H and O–H groups in total. The zero-order valence-corrected chi connectivity index (χ0v) is 9.82. The van der Waals surface area contributed by atoms with E-state index in [0.29, 0.717) is 6.04 Å². The van der Waals surface area contributed by atoms with Crippen LogP contribution in [0.5, 0.6) is 0 Å². The zero-order chi connectivity index (χ0) is 10.9. The molecule has 0 spiro atoms. The van der Waals surface area contributed by atoms with Crippen LogP contribution in [0.1, 0.15) is 20.8 Å². The van der Waals surface area contributed by atoms with Gasteiger partial charge in [-0.15, -0.1) is 0 Å². The summed E-state index contributed by atoms with van der Waals surface area (Å²) >= 11 is 0. The van der Waals surface area contributed by atoms with Crippen molar-refractivity contribution in [1.29, 1.82) is 0 Å². The third-order valence-corrected chi connectivity index (χ3v) is 2.39. The Hall–Kier alpha value is -0.160. The van der Waals surface area contributed by atoms with Crippen molar-refractivity contribution in [1.82, 2.24) is 9.80 Å². The van der Waals surface area contributed by atoms with E-state index in [9.17, 15) is 5.11 Å². The summed E-state index contributed by atoms with van der Waals surface area (Å²) in [7, 11) is 4.11. The molecule has 0 radical (unpaired) electrons. The third-order valence-electron chi connectivity index (χ3n) is 2.39. The van der Waals surface area contributed by atoms with Crippen molar-refractivity contribution in [2.45, 2.75) is 38.8 Å². The highest BCUT2D eigenvalue weighted by Crippen LogP contribution is 2.19. The molecule has 0 bridgehead atoms. The van der Waals surface area contributed by atoms with E-state index in [1.54, 1.807) is 0 Å². The van der Waals surface area contributed by atoms with Gasteiger partial charge in [-0.2, -0.15) is 0 Å². The molecule has 0 amide bonds. The van der Waals surface area contributed by atoms with Crippen LogP contribution in [0.4, 0.5) is 0 Å². The molecule has 4 nitrogen and oxygen atoms in total. The molecule has 1 unspecified atom stereocenters. The second-order valence-electron chi connectivity index (χ2n) is 5.13. The number of hydrogen-bond donors (Lipinski definition) is 1. The van der Waals surface area contributed by atoms with Gasteiger partial charge in [-0.05, 0) is 34.9 Å². The fraction of sp³-hybridized carbons (Fsp3) is 1.00. The van der Waals surface area contributed by atoms with E-state index in [-0.39, 0.29) is 5.60 Å². The molecule has 1 aliphatic rings. The number of aliphatic hydroxyl groups is 1. The van der Waals surface area contributed by atoms with Gasteiger partial charge in [-0.3, -0.25) is 4.90 Å². The molecule has 4 heteroatoms. The first-order valence-corrected chi connectivity index (χ1v) is 5.06. The van der Waals surface area contributed by atoms with E-state index in [1.165, 1.54) is 0 Å². The predicted octanol–water partition coefficient (Wildman–Crippen LogP) is 0.323. The van der Waals surface area contributed by atoms with Crippen molar-refractivity contribution in [3.63, 3.8) is 0 Å². The Morgan fingerprint density at radius 2 is 1.86 bits per heavy atom. The molecule has 0 aromatic rings. The van der Waals surface area contributed by atoms with Crippen molar-refractivity contribution in [3.8, 4) is 0 Å². The summed E-state index contributed by atoms with van der Waals surface area (Å²) in [6.45, 7) is 7.59. The van der Waals surface area contributed by atoms with Crippen LogP contribution < -0.4 is 0 Å². The van der Waals surface area contributed by atoms with Gasteiger partial charge in [0.2, 0.25) is 6.41 Å². The van der Waals surface area contributed by atoms with Crippen molar-refractivity contribution >= 4 is 0 Å². The van der Waals surface area contributed by atoms with Crippen LogP contribution in [0.15, 0.2) is 0 Å². The Kier molecular flexibility index (Phi) is 3.53. The Labute approximate surface area is 86.4 Å². The van der Waals surface area contributed by atoms with Crippen molar-refractivity contribution in [2.24, 2.45) is 0 Å². The molecule has 1 fully saturated rings. The number of rotatable bonds is 3. The summed E-state index contributed by atoms with van der Waals surface area (Å²) in [5.74, 6) is 0. The van der Waals surface area contributed by atoms with E-state index in [4.69, 9.17) is 4.74 Å². The van der Waals surface area contributed by atoms with Gasteiger partial charge in [0.15, 0.2) is 0 Å². The molecule has 1 saturated heterocycles. The lowest BCUT2D eigenvalue weighted by Gasteiger charge is -2.45. The molecule has 1 heterocycles. The Bertz CT molecular complexity index is 183. The summed E-state index contributed by atoms with van der Waals surface area (Å²) in [5, 5.41) is 9.69. The van der Waals surface area contributed by atoms with Gasteiger partial charge in [0.1, 0.15) is 0 Å². The Morgan fingerprint density at radius 1 is 1.36 bits per heavy atom. The van der Waals surface area contributed by atoms with Crippen LogP contribution >= 0.6 is 0 Å². The van der Waals surface area contributed by atoms with E-state index < -0.39 is 6.41 Å². The van der Waals surface area contributed by atoms with Crippen LogP contribution in [-0.2, 0) is 4.74 Å². The molecular weight excluding hydrogens is 180 g/mol. The number of likely N-dealkylation sites (N-methyl/N-ethyl adjacent to an activating group) is 1. The third kappa shape index (κ3) is 3.20. The van der Waals surface area contributed by atoms with Gasteiger partial charge in [0.05, 0.1) is 5.60 Å². The molecule has 0 aromatic heterocycles. The van der Waals surface area contributed by atoms with Crippen LogP contribution in [0.2, 0.25) is 0 Å². The minimum absolute atomic E-state index is 0.289. The topological polar surface area (TPSA) is 35.9 Å². The normalized spacial score (nSPS) is 22.5. The lowest BCUT2D eigenvalue weighted by Crippen LogP contribution is -2.61. The number of likely N-dealkylation sites (tertiary alicyclic amines) is 1. The maximum atomic E-state index is 9.69.